The molecule has 0 unspecified atom stereocenters. The van der Waals surface area contributed by atoms with Gasteiger partial charge in [0.25, 0.3) is 0 Å². The number of anilines is 1. The normalized spacial score (nSPS) is 9.78. The van der Waals surface area contributed by atoms with Gasteiger partial charge in [-0.3, -0.25) is 4.79 Å². The van der Waals surface area contributed by atoms with Crippen LogP contribution in [0.2, 0.25) is 0 Å². The summed E-state index contributed by atoms with van der Waals surface area (Å²) in [5, 5.41) is 2.92. The molecule has 1 rings (SSSR count). The molecule has 3 heteroatoms. The highest BCUT2D eigenvalue weighted by atomic mass is 16.1. The number of nitrogens with one attached hydrogen (secondary N) is 1. The lowest BCUT2D eigenvalue weighted by Gasteiger charge is -2.12. The van der Waals surface area contributed by atoms with Crippen LogP contribution in [0, 0.1) is 17.8 Å². The molecule has 3 N–H and O–H groups in total. The smallest absolute Gasteiger partial charge is 0.227 e. The van der Waals surface area contributed by atoms with Crippen LogP contribution in [0.25, 0.3) is 0 Å². The van der Waals surface area contributed by atoms with Gasteiger partial charge in [0, 0.05) is 17.2 Å². The van der Waals surface area contributed by atoms with Crippen molar-refractivity contribution in [2.75, 3.05) is 11.9 Å². The maximum absolute atomic E-state index is 11.9. The van der Waals surface area contributed by atoms with E-state index in [2.05, 4.69) is 17.2 Å². The number of carbonyl (C=O) groups excluding carboxylic acids is 1. The van der Waals surface area contributed by atoms with Gasteiger partial charge in [-0.15, -0.1) is 0 Å². The summed E-state index contributed by atoms with van der Waals surface area (Å²) in [6.45, 7) is 4.39. The number of hydrogen-bond acceptors (Lipinski definition) is 2. The first kappa shape index (κ1) is 14.3. The number of nitrogens with two attached hydrogens (primary N) is 1. The molecule has 0 aromatic heterocycles. The van der Waals surface area contributed by atoms with Crippen molar-refractivity contribution in [3.8, 4) is 11.8 Å². The summed E-state index contributed by atoms with van der Waals surface area (Å²) >= 11 is 0. The van der Waals surface area contributed by atoms with Gasteiger partial charge in [0.1, 0.15) is 0 Å². The zero-order valence-corrected chi connectivity index (χ0v) is 11.0. The molecule has 0 aliphatic heterocycles. The molecule has 0 radical (unpaired) electrons. The highest BCUT2D eigenvalue weighted by Gasteiger charge is 2.13. The van der Waals surface area contributed by atoms with E-state index in [0.717, 1.165) is 24.1 Å². The highest BCUT2D eigenvalue weighted by molar-refractivity contribution is 5.92. The lowest BCUT2D eigenvalue weighted by molar-refractivity contribution is -0.120. The molecule has 1 amide bonds. The first-order chi connectivity index (χ1) is 8.71. The molecule has 0 aliphatic rings. The molecule has 1 aromatic carbocycles. The molecular weight excluding hydrogens is 224 g/mol. The fourth-order valence-corrected chi connectivity index (χ4v) is 1.73. The third-order valence-corrected chi connectivity index (χ3v) is 2.82. The maximum atomic E-state index is 11.9. The molecule has 0 atom stereocenters. The van der Waals surface area contributed by atoms with Crippen molar-refractivity contribution in [2.24, 2.45) is 11.7 Å². The van der Waals surface area contributed by atoms with Gasteiger partial charge in [-0.05, 0) is 31.0 Å². The van der Waals surface area contributed by atoms with Gasteiger partial charge >= 0.3 is 0 Å². The molecule has 96 valence electrons. The van der Waals surface area contributed by atoms with Crippen molar-refractivity contribution in [3.05, 3.63) is 29.8 Å². The Kier molecular flexibility index (Phi) is 5.96. The minimum absolute atomic E-state index is 0.0729. The first-order valence-electron chi connectivity index (χ1n) is 6.31. The van der Waals surface area contributed by atoms with Crippen LogP contribution in [0.15, 0.2) is 24.3 Å². The molecule has 0 fully saturated rings. The maximum Gasteiger partial charge on any atom is 0.227 e. The van der Waals surface area contributed by atoms with Gasteiger partial charge in [-0.25, -0.2) is 0 Å². The summed E-state index contributed by atoms with van der Waals surface area (Å²) in [5.74, 6) is 5.89. The summed E-state index contributed by atoms with van der Waals surface area (Å²) in [6, 6.07) is 7.51. The van der Waals surface area contributed by atoms with Gasteiger partial charge in [0.05, 0.1) is 6.54 Å². The Bertz CT molecular complexity index is 453. The lowest BCUT2D eigenvalue weighted by Crippen LogP contribution is -2.21. The van der Waals surface area contributed by atoms with E-state index in [4.69, 9.17) is 5.73 Å². The molecule has 0 saturated heterocycles. The average molecular weight is 244 g/mol. The lowest BCUT2D eigenvalue weighted by atomic mass is 10.0. The van der Waals surface area contributed by atoms with Crippen LogP contribution in [0.1, 0.15) is 32.3 Å². The van der Waals surface area contributed by atoms with E-state index >= 15 is 0 Å². The molecular formula is C15H20N2O. The molecule has 0 bridgehead atoms. The summed E-state index contributed by atoms with van der Waals surface area (Å²) in [5.41, 5.74) is 6.98. The van der Waals surface area contributed by atoms with Gasteiger partial charge in [0.15, 0.2) is 0 Å². The van der Waals surface area contributed by atoms with Gasteiger partial charge in [-0.2, -0.15) is 0 Å². The van der Waals surface area contributed by atoms with E-state index in [0.29, 0.717) is 6.54 Å². The fourth-order valence-electron chi connectivity index (χ4n) is 1.73. The summed E-state index contributed by atoms with van der Waals surface area (Å²) in [4.78, 5) is 11.9. The van der Waals surface area contributed by atoms with E-state index in [1.807, 2.05) is 38.1 Å². The Morgan fingerprint density at radius 2 is 2.11 bits per heavy atom. The third-order valence-electron chi connectivity index (χ3n) is 2.82. The van der Waals surface area contributed by atoms with Crippen LogP contribution in [0.5, 0.6) is 0 Å². The van der Waals surface area contributed by atoms with Crippen molar-refractivity contribution in [1.29, 1.82) is 0 Å². The quantitative estimate of drug-likeness (QED) is 0.799. The predicted molar refractivity (Wildman–Crippen MR) is 75.1 cm³/mol. The molecule has 0 saturated carbocycles. The van der Waals surface area contributed by atoms with Crippen LogP contribution in [-0.2, 0) is 4.79 Å². The average Bonchev–Trinajstić information content (AvgIpc) is 2.38. The minimum Gasteiger partial charge on any atom is -0.326 e. The van der Waals surface area contributed by atoms with Crippen LogP contribution >= 0.6 is 0 Å². The van der Waals surface area contributed by atoms with E-state index < -0.39 is 0 Å². The van der Waals surface area contributed by atoms with E-state index in [-0.39, 0.29) is 11.8 Å². The molecule has 0 aliphatic carbocycles. The monoisotopic (exact) mass is 244 g/mol. The Morgan fingerprint density at radius 3 is 2.72 bits per heavy atom. The fraction of sp³-hybridized carbons (Fsp3) is 0.400. The summed E-state index contributed by atoms with van der Waals surface area (Å²) in [6.07, 6.45) is 1.71. The van der Waals surface area contributed by atoms with Gasteiger partial charge in [-0.1, -0.05) is 31.8 Å². The number of hydrogen-bond donors (Lipinski definition) is 2. The Balaban J connectivity index is 2.76. The topological polar surface area (TPSA) is 55.1 Å². The zero-order chi connectivity index (χ0) is 13.4. The SMILES string of the molecule is CCC(CC)C(=O)Nc1cccc(C#CCN)c1. The molecule has 0 spiro atoms. The standard InChI is InChI=1S/C15H20N2O/c1-3-13(4-2)15(18)17-14-9-5-7-12(11-14)8-6-10-16/h5,7,9,11,13H,3-4,10,16H2,1-2H3,(H,17,18). The predicted octanol–water partition coefficient (Wildman–Crippen LogP) is 2.37. The Labute approximate surface area is 109 Å². The number of benzene rings is 1. The number of amides is 1. The summed E-state index contributed by atoms with van der Waals surface area (Å²) in [7, 11) is 0. The minimum atomic E-state index is 0.0729. The Morgan fingerprint density at radius 1 is 1.39 bits per heavy atom. The molecule has 0 heterocycles. The first-order valence-corrected chi connectivity index (χ1v) is 6.31. The van der Waals surface area contributed by atoms with Crippen LogP contribution in [0.4, 0.5) is 5.69 Å². The van der Waals surface area contributed by atoms with Crippen LogP contribution in [0.3, 0.4) is 0 Å². The van der Waals surface area contributed by atoms with Gasteiger partial charge < -0.3 is 11.1 Å². The van der Waals surface area contributed by atoms with Crippen molar-refractivity contribution < 1.29 is 4.79 Å². The number of rotatable bonds is 4. The molecule has 3 nitrogen and oxygen atoms in total. The highest BCUT2D eigenvalue weighted by Crippen LogP contribution is 2.14. The number of carbonyl (C=O) groups is 1. The van der Waals surface area contributed by atoms with E-state index in [1.54, 1.807) is 0 Å². The van der Waals surface area contributed by atoms with Crippen LogP contribution in [-0.4, -0.2) is 12.5 Å². The largest absolute Gasteiger partial charge is 0.326 e. The second-order valence-corrected chi connectivity index (χ2v) is 4.09. The van der Waals surface area contributed by atoms with E-state index in [9.17, 15) is 4.79 Å². The van der Waals surface area contributed by atoms with Crippen LogP contribution < -0.4 is 11.1 Å². The third kappa shape index (κ3) is 4.23. The van der Waals surface area contributed by atoms with E-state index in [1.165, 1.54) is 0 Å². The molecule has 18 heavy (non-hydrogen) atoms. The summed E-state index contributed by atoms with van der Waals surface area (Å²) < 4.78 is 0. The van der Waals surface area contributed by atoms with Crippen molar-refractivity contribution >= 4 is 11.6 Å². The van der Waals surface area contributed by atoms with Crippen molar-refractivity contribution in [1.82, 2.24) is 0 Å². The molecule has 1 aromatic rings. The second-order valence-electron chi connectivity index (χ2n) is 4.09. The van der Waals surface area contributed by atoms with Gasteiger partial charge in [0.2, 0.25) is 5.91 Å². The second kappa shape index (κ2) is 7.52. The zero-order valence-electron chi connectivity index (χ0n) is 11.0. The van der Waals surface area contributed by atoms with Crippen molar-refractivity contribution in [2.45, 2.75) is 26.7 Å². The Hall–Kier alpha value is -1.79. The van der Waals surface area contributed by atoms with Crippen molar-refractivity contribution in [3.63, 3.8) is 0 Å².